The van der Waals surface area contributed by atoms with Gasteiger partial charge in [-0.3, -0.25) is 38.7 Å². The van der Waals surface area contributed by atoms with Crippen LogP contribution < -0.4 is 0 Å². The number of aromatic hydroxyl groups is 2. The summed E-state index contributed by atoms with van der Waals surface area (Å²) >= 11 is 0. The molecule has 391 valence electrons. The molecule has 4 N–H and O–H groups in total. The standard InChI is InChI=1S/C52H80N8O2.C2H2O4.CH3.Co/c1-9-55-25-15-27-59-31-17-29-57(49(55)59)23-13-19-39-33-43(51(3,4)5)35-41(47(39)61)37-53-45-21-11-12-22-46(45)54-38-42-36-44(52(6,7)8)34-40(48(42)62)20-14-24-58-30-18-32-60-28-16-26-56(10-2)50(58)60;3-1(4)2(5)6;;/h33-38,45-46H,9-32H2,1-8H3;(H,3,4)(H,5,6);1H3;/q;;-1;/p+2. The second-order valence-electron chi connectivity index (χ2n) is 21.6. The minimum absolute atomic E-state index is 0. The van der Waals surface area contributed by atoms with Gasteiger partial charge in [0.2, 0.25) is 0 Å². The molecule has 0 aromatic heterocycles. The van der Waals surface area contributed by atoms with Crippen molar-refractivity contribution in [2.75, 3.05) is 78.5 Å². The van der Waals surface area contributed by atoms with Crippen molar-refractivity contribution in [3.05, 3.63) is 65.1 Å². The van der Waals surface area contributed by atoms with E-state index >= 15 is 0 Å². The van der Waals surface area contributed by atoms with Gasteiger partial charge >= 0.3 is 23.9 Å². The predicted octanol–water partition coefficient (Wildman–Crippen LogP) is 7.61. The van der Waals surface area contributed by atoms with Crippen LogP contribution in [0.3, 0.4) is 0 Å². The predicted molar refractivity (Wildman–Crippen MR) is 279 cm³/mol. The van der Waals surface area contributed by atoms with Crippen LogP contribution in [0.2, 0.25) is 0 Å². The number of guanidine groups is 2. The van der Waals surface area contributed by atoms with Gasteiger partial charge in [0.1, 0.15) is 11.5 Å². The zero-order valence-electron chi connectivity index (χ0n) is 44.1. The van der Waals surface area contributed by atoms with Gasteiger partial charge in [-0.1, -0.05) is 66.5 Å². The van der Waals surface area contributed by atoms with Crippen molar-refractivity contribution in [2.24, 2.45) is 9.98 Å². The van der Waals surface area contributed by atoms with E-state index in [-0.39, 0.29) is 47.1 Å². The van der Waals surface area contributed by atoms with Gasteiger partial charge in [-0.2, -0.15) is 0 Å². The van der Waals surface area contributed by atoms with Crippen molar-refractivity contribution in [1.82, 2.24) is 19.6 Å². The molecule has 2 atom stereocenters. The van der Waals surface area contributed by atoms with Gasteiger partial charge in [-0.15, -0.1) is 0 Å². The summed E-state index contributed by atoms with van der Waals surface area (Å²) in [6.45, 7) is 31.3. The van der Waals surface area contributed by atoms with E-state index in [1.54, 1.807) is 0 Å². The molecule has 1 saturated carbocycles. The molecule has 1 radical (unpaired) electrons. The first-order valence-electron chi connectivity index (χ1n) is 25.9. The van der Waals surface area contributed by atoms with Gasteiger partial charge < -0.3 is 27.9 Å². The molecule has 0 spiro atoms. The molecule has 2 aromatic carbocycles. The monoisotopic (exact) mass is 1010 g/mol. The molecule has 0 amide bonds. The van der Waals surface area contributed by atoms with E-state index in [4.69, 9.17) is 29.8 Å². The van der Waals surface area contributed by atoms with Crippen LogP contribution in [0.25, 0.3) is 0 Å². The molecule has 14 nitrogen and oxygen atoms in total. The zero-order chi connectivity index (χ0) is 49.2. The first-order chi connectivity index (χ1) is 32.4. The third-order valence-corrected chi connectivity index (χ3v) is 14.5. The maximum Gasteiger partial charge on any atom is 0.414 e. The number of hydrogen-bond acceptors (Lipinski definition) is 10. The maximum absolute atomic E-state index is 11.8. The maximum atomic E-state index is 11.8. The van der Waals surface area contributed by atoms with Crippen molar-refractivity contribution < 1.29 is 55.9 Å². The number of rotatable bonds is 14. The van der Waals surface area contributed by atoms with Crippen molar-refractivity contribution >= 4 is 36.3 Å². The smallest absolute Gasteiger partial charge is 0.414 e. The fraction of sp³-hybridized carbons (Fsp3) is 0.655. The van der Waals surface area contributed by atoms with Crippen molar-refractivity contribution in [1.29, 1.82) is 0 Å². The number of aliphatic carboxylic acids is 2. The Morgan fingerprint density at radius 2 is 0.943 bits per heavy atom. The van der Waals surface area contributed by atoms with E-state index in [9.17, 15) is 10.2 Å². The Hall–Kier alpha value is -4.63. The molecule has 15 heteroatoms. The van der Waals surface area contributed by atoms with Crippen LogP contribution >= 0.6 is 0 Å². The van der Waals surface area contributed by atoms with E-state index in [0.29, 0.717) is 11.5 Å². The third-order valence-electron chi connectivity index (χ3n) is 14.5. The van der Waals surface area contributed by atoms with Crippen LogP contribution in [0.1, 0.15) is 153 Å². The van der Waals surface area contributed by atoms with Crippen molar-refractivity contribution in [3.63, 3.8) is 0 Å². The molecule has 0 saturated heterocycles. The van der Waals surface area contributed by atoms with Crippen LogP contribution in [0.4, 0.5) is 0 Å². The Morgan fingerprint density at radius 3 is 1.26 bits per heavy atom. The molecule has 4 heterocycles. The molecular weight excluding hydrogens is 928 g/mol. The van der Waals surface area contributed by atoms with Crippen LogP contribution in [-0.2, 0) is 50.0 Å². The molecule has 70 heavy (non-hydrogen) atoms. The Morgan fingerprint density at radius 1 is 0.600 bits per heavy atom. The molecule has 0 bridgehead atoms. The van der Waals surface area contributed by atoms with Crippen LogP contribution in [0.15, 0.2) is 34.3 Å². The van der Waals surface area contributed by atoms with Gasteiger partial charge in [0.25, 0.3) is 0 Å². The number of phenols is 2. The number of hydrogen-bond donors (Lipinski definition) is 4. The van der Waals surface area contributed by atoms with Gasteiger partial charge in [0.05, 0.1) is 90.6 Å². The molecule has 1 aliphatic carbocycles. The minimum atomic E-state index is -1.82. The summed E-state index contributed by atoms with van der Waals surface area (Å²) in [6, 6.07) is 8.81. The Bertz CT molecular complexity index is 2050. The number of carbonyl (C=O) groups is 2. The fourth-order valence-electron chi connectivity index (χ4n) is 10.7. The van der Waals surface area contributed by atoms with E-state index in [1.165, 1.54) is 48.7 Å². The number of phenolic OH excluding ortho intramolecular Hbond substituents is 2. The zero-order valence-corrected chi connectivity index (χ0v) is 45.1. The Labute approximate surface area is 430 Å². The molecule has 4 aliphatic heterocycles. The molecule has 7 rings (SSSR count). The SMILES string of the molecule is CCN1CCC[N+]2=C1N(CCCc1cc(C(C)(C)C)cc(C=NC3CCCCC3N=Cc3cc(C(C)(C)C)cc(CCCN4CCC[N+]5=C4N(CC)CCC5)c3O)c1O)CCC2.O=C(O)C(=O)O.[CH3-].[Co]. The van der Waals surface area contributed by atoms with Gasteiger partial charge in [0.15, 0.2) is 0 Å². The average molecular weight is 1020 g/mol. The minimum Gasteiger partial charge on any atom is -0.507 e. The summed E-state index contributed by atoms with van der Waals surface area (Å²) in [5, 5.41) is 38.4. The summed E-state index contributed by atoms with van der Waals surface area (Å²) in [7, 11) is 0. The Balaban J connectivity index is 0.00000125. The summed E-state index contributed by atoms with van der Waals surface area (Å²) in [5.41, 5.74) is 6.00. The first kappa shape index (κ1) is 57.9. The third kappa shape index (κ3) is 15.0. The van der Waals surface area contributed by atoms with E-state index in [1.807, 2.05) is 12.4 Å². The molecule has 1 fully saturated rings. The second kappa shape index (κ2) is 26.2. The number of aliphatic imine (C=N–C) groups is 2. The summed E-state index contributed by atoms with van der Waals surface area (Å²) in [5.74, 6) is -0.0611. The largest absolute Gasteiger partial charge is 0.507 e. The Kier molecular flexibility index (Phi) is 21.7. The second-order valence-corrected chi connectivity index (χ2v) is 21.6. The summed E-state index contributed by atoms with van der Waals surface area (Å²) in [4.78, 5) is 38.9. The fourth-order valence-corrected chi connectivity index (χ4v) is 10.7. The summed E-state index contributed by atoms with van der Waals surface area (Å²) in [6.07, 6.45) is 16.6. The molecule has 2 unspecified atom stereocenters. The molecule has 2 aromatic rings. The number of nitrogens with zero attached hydrogens (tertiary/aromatic N) is 8. The van der Waals surface area contributed by atoms with Gasteiger partial charge in [0, 0.05) is 66.0 Å². The quantitative estimate of drug-likeness (QED) is 0.0643. The average Bonchev–Trinajstić information content (AvgIpc) is 3.31. The molecule has 5 aliphatic rings. The number of carboxylic acid groups (broad SMARTS) is 2. The van der Waals surface area contributed by atoms with Crippen LogP contribution in [-0.4, -0.2) is 176 Å². The molecular formula is C55H87CoN8O6+. The summed E-state index contributed by atoms with van der Waals surface area (Å²) < 4.78 is 5.18. The van der Waals surface area contributed by atoms with Crippen LogP contribution in [0.5, 0.6) is 11.5 Å². The van der Waals surface area contributed by atoms with E-state index < -0.39 is 11.9 Å². The number of carboxylic acids is 2. The topological polar surface area (TPSA) is 159 Å². The van der Waals surface area contributed by atoms with Crippen molar-refractivity contribution in [3.8, 4) is 11.5 Å². The normalized spacial score (nSPS) is 19.9. The number of aryl methyl sites for hydroxylation is 2. The van der Waals surface area contributed by atoms with Crippen molar-refractivity contribution in [2.45, 2.75) is 155 Å². The first-order valence-corrected chi connectivity index (χ1v) is 25.9. The van der Waals surface area contributed by atoms with Gasteiger partial charge in [-0.25, -0.2) is 9.59 Å². The van der Waals surface area contributed by atoms with E-state index in [0.717, 1.165) is 152 Å². The van der Waals surface area contributed by atoms with Gasteiger partial charge in [-0.05, 0) is 97.6 Å². The van der Waals surface area contributed by atoms with Crippen LogP contribution in [0, 0.1) is 7.43 Å². The van der Waals surface area contributed by atoms with E-state index in [2.05, 4.69) is 108 Å². The number of benzene rings is 2.